The topological polar surface area (TPSA) is 96.0 Å². The number of anilines is 4. The summed E-state index contributed by atoms with van der Waals surface area (Å²) in [4.78, 5) is 32.2. The molecule has 3 N–H and O–H groups in total. The average Bonchev–Trinajstić information content (AvgIpc) is 2.68. The highest BCUT2D eigenvalue weighted by Gasteiger charge is 2.10. The van der Waals surface area contributed by atoms with Gasteiger partial charge in [0.25, 0.3) is 5.91 Å². The molecule has 0 unspecified atom stereocenters. The lowest BCUT2D eigenvalue weighted by Gasteiger charge is -2.10. The Morgan fingerprint density at radius 3 is 2.31 bits per heavy atom. The van der Waals surface area contributed by atoms with E-state index in [-0.39, 0.29) is 23.5 Å². The third kappa shape index (κ3) is 5.62. The monoisotopic (exact) mass is 389 g/mol. The summed E-state index contributed by atoms with van der Waals surface area (Å²) in [7, 11) is 0. The van der Waals surface area contributed by atoms with E-state index < -0.39 is 0 Å². The molecule has 0 aliphatic rings. The van der Waals surface area contributed by atoms with Crippen LogP contribution >= 0.6 is 0 Å². The van der Waals surface area contributed by atoms with Crippen molar-refractivity contribution in [2.45, 2.75) is 26.7 Å². The van der Waals surface area contributed by atoms with Gasteiger partial charge in [-0.05, 0) is 47.9 Å². The molecular weight excluding hydrogens is 366 g/mol. The van der Waals surface area contributed by atoms with Crippen molar-refractivity contribution in [1.82, 2.24) is 9.97 Å². The molecule has 0 aliphatic carbocycles. The Hall–Kier alpha value is -3.74. The van der Waals surface area contributed by atoms with Gasteiger partial charge in [-0.3, -0.25) is 9.59 Å². The molecule has 148 valence electrons. The molecule has 0 radical (unpaired) electrons. The van der Waals surface area contributed by atoms with Crippen molar-refractivity contribution >= 4 is 34.8 Å². The summed E-state index contributed by atoms with van der Waals surface area (Å²) in [5, 5.41) is 8.60. The molecule has 0 saturated heterocycles. The standard InChI is InChI=1S/C22H23N5O2/c1-14(2)16-7-9-17(10-8-16)25-21(29)20-11-12-23-22(27-20)26-19-6-4-5-18(13-19)24-15(3)28/h4-14H,1-3H3,(H,24,28)(H,25,29)(H,23,26,27). The van der Waals surface area contributed by atoms with Gasteiger partial charge in [-0.1, -0.05) is 32.0 Å². The van der Waals surface area contributed by atoms with Gasteiger partial charge >= 0.3 is 0 Å². The molecule has 1 heterocycles. The van der Waals surface area contributed by atoms with Gasteiger partial charge in [0.15, 0.2) is 0 Å². The molecule has 7 heteroatoms. The van der Waals surface area contributed by atoms with Crippen LogP contribution in [-0.4, -0.2) is 21.8 Å². The van der Waals surface area contributed by atoms with Crippen molar-refractivity contribution in [2.75, 3.05) is 16.0 Å². The van der Waals surface area contributed by atoms with Crippen molar-refractivity contribution in [2.24, 2.45) is 0 Å². The van der Waals surface area contributed by atoms with Crippen molar-refractivity contribution in [1.29, 1.82) is 0 Å². The molecule has 3 rings (SSSR count). The SMILES string of the molecule is CC(=O)Nc1cccc(Nc2nccc(C(=O)Nc3ccc(C(C)C)cc3)n2)c1. The summed E-state index contributed by atoms with van der Waals surface area (Å²) in [5.41, 5.74) is 3.50. The van der Waals surface area contributed by atoms with Gasteiger partial charge in [0, 0.05) is 30.2 Å². The number of amides is 2. The van der Waals surface area contributed by atoms with E-state index in [1.165, 1.54) is 18.7 Å². The molecule has 3 aromatic rings. The maximum Gasteiger partial charge on any atom is 0.274 e. The zero-order valence-electron chi connectivity index (χ0n) is 16.6. The second-order valence-corrected chi connectivity index (χ2v) is 6.88. The Morgan fingerprint density at radius 2 is 1.62 bits per heavy atom. The fourth-order valence-electron chi connectivity index (χ4n) is 2.70. The normalized spacial score (nSPS) is 10.5. The molecule has 0 fully saturated rings. The molecule has 0 spiro atoms. The van der Waals surface area contributed by atoms with Gasteiger partial charge < -0.3 is 16.0 Å². The molecule has 7 nitrogen and oxygen atoms in total. The first kappa shape index (κ1) is 20.0. The Labute approximate surface area is 169 Å². The van der Waals surface area contributed by atoms with Crippen LogP contribution in [0.5, 0.6) is 0 Å². The van der Waals surface area contributed by atoms with Gasteiger partial charge in [0.05, 0.1) is 0 Å². The summed E-state index contributed by atoms with van der Waals surface area (Å²) < 4.78 is 0. The molecule has 2 aromatic carbocycles. The second kappa shape index (κ2) is 8.97. The van der Waals surface area contributed by atoms with E-state index in [1.807, 2.05) is 30.3 Å². The Bertz CT molecular complexity index is 1020. The van der Waals surface area contributed by atoms with Crippen LogP contribution < -0.4 is 16.0 Å². The van der Waals surface area contributed by atoms with E-state index in [0.29, 0.717) is 23.0 Å². The van der Waals surface area contributed by atoms with Crippen LogP contribution in [0.15, 0.2) is 60.8 Å². The van der Waals surface area contributed by atoms with Crippen molar-refractivity contribution in [3.05, 3.63) is 72.1 Å². The fourth-order valence-corrected chi connectivity index (χ4v) is 2.70. The molecule has 0 saturated carbocycles. The zero-order chi connectivity index (χ0) is 20.8. The van der Waals surface area contributed by atoms with Crippen LogP contribution in [0.3, 0.4) is 0 Å². The molecule has 0 atom stereocenters. The fraction of sp³-hybridized carbons (Fsp3) is 0.182. The number of hydrogen-bond acceptors (Lipinski definition) is 5. The second-order valence-electron chi connectivity index (χ2n) is 6.88. The van der Waals surface area contributed by atoms with Gasteiger partial charge in [-0.2, -0.15) is 0 Å². The van der Waals surface area contributed by atoms with Gasteiger partial charge in [0.2, 0.25) is 11.9 Å². The number of hydrogen-bond donors (Lipinski definition) is 3. The minimum Gasteiger partial charge on any atom is -0.326 e. The highest BCUT2D eigenvalue weighted by Crippen LogP contribution is 2.19. The molecule has 2 amide bonds. The van der Waals surface area contributed by atoms with Crippen LogP contribution in [-0.2, 0) is 4.79 Å². The van der Waals surface area contributed by atoms with Gasteiger partial charge in [-0.15, -0.1) is 0 Å². The summed E-state index contributed by atoms with van der Waals surface area (Å²) in [6, 6.07) is 16.4. The number of rotatable bonds is 6. The molecular formula is C22H23N5O2. The summed E-state index contributed by atoms with van der Waals surface area (Å²) >= 11 is 0. The number of carbonyl (C=O) groups excluding carboxylic acids is 2. The first-order valence-corrected chi connectivity index (χ1v) is 9.30. The van der Waals surface area contributed by atoms with Crippen LogP contribution in [0.4, 0.5) is 23.0 Å². The smallest absolute Gasteiger partial charge is 0.274 e. The Morgan fingerprint density at radius 1 is 0.897 bits per heavy atom. The first-order valence-electron chi connectivity index (χ1n) is 9.30. The van der Waals surface area contributed by atoms with E-state index in [4.69, 9.17) is 0 Å². The average molecular weight is 389 g/mol. The van der Waals surface area contributed by atoms with E-state index in [1.54, 1.807) is 24.3 Å². The third-order valence-electron chi connectivity index (χ3n) is 4.16. The highest BCUT2D eigenvalue weighted by atomic mass is 16.2. The third-order valence-corrected chi connectivity index (χ3v) is 4.16. The van der Waals surface area contributed by atoms with E-state index in [9.17, 15) is 9.59 Å². The van der Waals surface area contributed by atoms with Crippen LogP contribution in [0.25, 0.3) is 0 Å². The van der Waals surface area contributed by atoms with Crippen molar-refractivity contribution < 1.29 is 9.59 Å². The number of nitrogens with zero attached hydrogens (tertiary/aromatic N) is 2. The number of carbonyl (C=O) groups is 2. The minimum absolute atomic E-state index is 0.154. The number of nitrogens with one attached hydrogen (secondary N) is 3. The lowest BCUT2D eigenvalue weighted by atomic mass is 10.0. The predicted molar refractivity (Wildman–Crippen MR) is 115 cm³/mol. The first-order chi connectivity index (χ1) is 13.9. The molecule has 29 heavy (non-hydrogen) atoms. The van der Waals surface area contributed by atoms with Crippen LogP contribution in [0, 0.1) is 0 Å². The minimum atomic E-state index is -0.320. The quantitative estimate of drug-likeness (QED) is 0.575. The summed E-state index contributed by atoms with van der Waals surface area (Å²) in [6.45, 7) is 5.69. The van der Waals surface area contributed by atoms with Crippen LogP contribution in [0.2, 0.25) is 0 Å². The summed E-state index contributed by atoms with van der Waals surface area (Å²) in [6.07, 6.45) is 1.52. The molecule has 1 aromatic heterocycles. The Kier molecular flexibility index (Phi) is 6.19. The van der Waals surface area contributed by atoms with Gasteiger partial charge in [0.1, 0.15) is 5.69 Å². The zero-order valence-corrected chi connectivity index (χ0v) is 16.6. The molecule has 0 bridgehead atoms. The van der Waals surface area contributed by atoms with Crippen LogP contribution in [0.1, 0.15) is 42.7 Å². The van der Waals surface area contributed by atoms with Crippen molar-refractivity contribution in [3.8, 4) is 0 Å². The van der Waals surface area contributed by atoms with Crippen molar-refractivity contribution in [3.63, 3.8) is 0 Å². The Balaban J connectivity index is 1.70. The lowest BCUT2D eigenvalue weighted by molar-refractivity contribution is -0.114. The molecule has 0 aliphatic heterocycles. The maximum absolute atomic E-state index is 12.5. The number of aromatic nitrogens is 2. The summed E-state index contributed by atoms with van der Waals surface area (Å²) in [5.74, 6) is 0.241. The largest absolute Gasteiger partial charge is 0.326 e. The maximum atomic E-state index is 12.5. The predicted octanol–water partition coefficient (Wildman–Crippen LogP) is 4.55. The highest BCUT2D eigenvalue weighted by molar-refractivity contribution is 6.03. The number of benzene rings is 2. The lowest BCUT2D eigenvalue weighted by Crippen LogP contribution is -2.14. The van der Waals surface area contributed by atoms with E-state index in [2.05, 4.69) is 39.8 Å². The van der Waals surface area contributed by atoms with E-state index >= 15 is 0 Å². The van der Waals surface area contributed by atoms with Gasteiger partial charge in [-0.25, -0.2) is 9.97 Å². The van der Waals surface area contributed by atoms with E-state index in [0.717, 1.165) is 0 Å².